The molecule has 2 nitrogen and oxygen atoms in total. The van der Waals surface area contributed by atoms with Gasteiger partial charge in [-0.05, 0) is 244 Å². The largest absolute Gasteiger partial charge is 0.353 e. The van der Waals surface area contributed by atoms with Crippen molar-refractivity contribution in [3.63, 3.8) is 0 Å². The first-order chi connectivity index (χ1) is 45.8. The Balaban J connectivity index is 0. The third-order valence-electron chi connectivity index (χ3n) is 17.8. The van der Waals surface area contributed by atoms with Crippen LogP contribution in [0.25, 0.3) is 0 Å². The third-order valence-corrected chi connectivity index (χ3v) is 17.8. The average Bonchev–Trinajstić information content (AvgIpc) is 0.891. The van der Waals surface area contributed by atoms with Crippen molar-refractivity contribution in [3.05, 3.63) is 245 Å². The molecule has 3 aliphatic carbocycles. The summed E-state index contributed by atoms with van der Waals surface area (Å²) in [5, 5.41) is 0. The van der Waals surface area contributed by atoms with Crippen molar-refractivity contribution in [2.75, 3.05) is 13.2 Å². The van der Waals surface area contributed by atoms with E-state index in [1.165, 1.54) is 178 Å². The van der Waals surface area contributed by atoms with Gasteiger partial charge in [0.05, 0.1) is 13.2 Å². The lowest BCUT2D eigenvalue weighted by Crippen LogP contribution is -2.27. The highest BCUT2D eigenvalue weighted by atomic mass is 19.2. The number of aryl methyl sites for hydroxylation is 12. The van der Waals surface area contributed by atoms with Crippen LogP contribution in [0.5, 0.6) is 0 Å². The molecule has 1 saturated heterocycles. The summed E-state index contributed by atoms with van der Waals surface area (Å²) in [5.74, 6) is 2.39. The van der Waals surface area contributed by atoms with Crippen LogP contribution in [0.15, 0.2) is 109 Å². The number of benzene rings is 7. The maximum absolute atomic E-state index is 12.6. The van der Waals surface area contributed by atoms with Crippen LogP contribution >= 0.6 is 0 Å². The number of hydrogen-bond donors (Lipinski definition) is 0. The Labute approximate surface area is 600 Å². The molecule has 12 heteroatoms. The van der Waals surface area contributed by atoms with Crippen LogP contribution < -0.4 is 0 Å². The summed E-state index contributed by atoms with van der Waals surface area (Å²) in [6, 6.07) is 29.7. The second-order valence-corrected chi connectivity index (χ2v) is 28.5. The Hall–Kier alpha value is -6.24. The molecule has 562 valence electrons. The minimum absolute atomic E-state index is 0. The lowest BCUT2D eigenvalue weighted by atomic mass is 9.84. The predicted octanol–water partition coefficient (Wildman–Crippen LogP) is 28.3. The summed E-state index contributed by atoms with van der Waals surface area (Å²) in [5.41, 5.74) is 8.82. The van der Waals surface area contributed by atoms with Crippen molar-refractivity contribution in [1.29, 1.82) is 0 Å². The summed E-state index contributed by atoms with van der Waals surface area (Å²) >= 11 is 0. The molecule has 0 unspecified atom stereocenters. The molecule has 0 amide bonds. The number of halogens is 10. The van der Waals surface area contributed by atoms with Gasteiger partial charge in [0.1, 0.15) is 46.5 Å². The quantitative estimate of drug-likeness (QED) is 0.141. The molecule has 100 heavy (non-hydrogen) atoms. The molecule has 1 heterocycles. The molecule has 0 N–H and O–H groups in total. The highest BCUT2D eigenvalue weighted by Crippen LogP contribution is 2.29. The number of rotatable bonds is 0. The second-order valence-electron chi connectivity index (χ2n) is 28.5. The molecule has 4 fully saturated rings. The molecule has 3 saturated carbocycles. The maximum atomic E-state index is 12.6. The molecule has 1 aliphatic heterocycles. The average molecular weight is 1410 g/mol. The molecule has 7 aromatic rings. The molecule has 4 aliphatic rings. The third kappa shape index (κ3) is 41.6. The Morgan fingerprint density at radius 1 is 0.230 bits per heavy atom. The van der Waals surface area contributed by atoms with Gasteiger partial charge in [-0.15, -0.1) is 0 Å². The maximum Gasteiger partial charge on any atom is 0.161 e. The second kappa shape index (κ2) is 51.0. The normalized spacial score (nSPS) is 19.2. The van der Waals surface area contributed by atoms with Crippen LogP contribution in [0.2, 0.25) is 0 Å². The van der Waals surface area contributed by atoms with Crippen LogP contribution in [0.3, 0.4) is 0 Å². The molecular formula is C88H128F10O2. The monoisotopic (exact) mass is 1410 g/mol. The van der Waals surface area contributed by atoms with Gasteiger partial charge in [-0.25, -0.2) is 43.9 Å². The molecular weight excluding hydrogens is 1280 g/mol. The Kier molecular flexibility index (Phi) is 48.9. The molecule has 11 rings (SSSR count). The first-order valence-corrected chi connectivity index (χ1v) is 35.2. The van der Waals surface area contributed by atoms with E-state index in [-0.39, 0.29) is 55.5 Å². The zero-order valence-corrected chi connectivity index (χ0v) is 63.5. The van der Waals surface area contributed by atoms with Gasteiger partial charge >= 0.3 is 0 Å². The van der Waals surface area contributed by atoms with E-state index in [2.05, 4.69) is 86.6 Å². The Morgan fingerprint density at radius 2 is 0.430 bits per heavy atom. The van der Waals surface area contributed by atoms with Crippen molar-refractivity contribution in [2.24, 2.45) is 41.4 Å². The van der Waals surface area contributed by atoms with Gasteiger partial charge in [-0.3, -0.25) is 0 Å². The number of hydrogen-bond acceptors (Lipinski definition) is 2. The standard InChI is InChI=1S/4C8H8F2.2C8H9F.3C8H16.C8H10.C6H12O2.2CH4/c1-5-3-8(10)6(2)4-7(5)9;2*1-5-3-7(9)6(2)8(10)4-5;1-5-3-4-6(2)8(10)7(5)9;2*1-6-3-4-7(2)8(9)5-6;4*1-7-3-5-8(2)6-4-7;1-5-3-7-6(2)8-4-5;;/h4*3-4H,1-2H3;2*3-5H,1-2H3;3*7-8H,3-6H2,1-2H3;3-6H,1-2H3;5-6H,3-4H2,1-2H3;2*1H4. The van der Waals surface area contributed by atoms with Gasteiger partial charge in [-0.1, -0.05) is 212 Å². The minimum Gasteiger partial charge on any atom is -0.353 e. The highest BCUT2D eigenvalue weighted by Gasteiger charge is 2.16. The fraction of sp³-hybridized carbons (Fsp3) is 0.523. The summed E-state index contributed by atoms with van der Waals surface area (Å²) in [6.07, 6.45) is 17.7. The summed E-state index contributed by atoms with van der Waals surface area (Å²) in [4.78, 5) is 0. The summed E-state index contributed by atoms with van der Waals surface area (Å²) in [7, 11) is 0. The van der Waals surface area contributed by atoms with Crippen molar-refractivity contribution in [3.8, 4) is 0 Å². The highest BCUT2D eigenvalue weighted by molar-refractivity contribution is 5.27. The van der Waals surface area contributed by atoms with Crippen LogP contribution in [0.1, 0.15) is 225 Å². The van der Waals surface area contributed by atoms with Crippen LogP contribution in [0.4, 0.5) is 43.9 Å². The van der Waals surface area contributed by atoms with Gasteiger partial charge in [-0.2, -0.15) is 0 Å². The van der Waals surface area contributed by atoms with E-state index < -0.39 is 34.9 Å². The summed E-state index contributed by atoms with van der Waals surface area (Å²) in [6.45, 7) is 43.7. The first kappa shape index (κ1) is 95.8. The van der Waals surface area contributed by atoms with E-state index in [1.54, 1.807) is 52.0 Å². The fourth-order valence-corrected chi connectivity index (χ4v) is 10.0. The lowest BCUT2D eigenvalue weighted by molar-refractivity contribution is -0.187. The minimum atomic E-state index is -0.736. The van der Waals surface area contributed by atoms with E-state index >= 15 is 0 Å². The van der Waals surface area contributed by atoms with Crippen LogP contribution in [-0.2, 0) is 9.47 Å². The van der Waals surface area contributed by atoms with Gasteiger partial charge in [0.25, 0.3) is 0 Å². The van der Waals surface area contributed by atoms with E-state index in [0.29, 0.717) is 50.4 Å². The fourth-order valence-electron chi connectivity index (χ4n) is 10.0. The zero-order chi connectivity index (χ0) is 74.5. The first-order valence-electron chi connectivity index (χ1n) is 35.2. The van der Waals surface area contributed by atoms with E-state index in [1.807, 2.05) is 32.9 Å². The zero-order valence-electron chi connectivity index (χ0n) is 63.5. The van der Waals surface area contributed by atoms with Crippen LogP contribution in [-0.4, -0.2) is 19.5 Å². The van der Waals surface area contributed by atoms with Crippen molar-refractivity contribution >= 4 is 0 Å². The van der Waals surface area contributed by atoms with Crippen molar-refractivity contribution < 1.29 is 53.4 Å². The summed E-state index contributed by atoms with van der Waals surface area (Å²) < 4.78 is 136. The lowest BCUT2D eigenvalue weighted by Gasteiger charge is -2.24. The molecule has 0 radical (unpaired) electrons. The number of ether oxygens (including phenoxy) is 2. The SMILES string of the molecule is C.C.CC1CCC(C)CC1.CC1CCC(C)CC1.CC1CCC(C)CC1.CC1COC(C)OC1.Cc1cc(F)c(C)c(F)c1.Cc1cc(F)c(C)c(F)c1.Cc1cc(F)c(C)cc1F.Cc1ccc(C)c(F)c1.Cc1ccc(C)c(F)c1.Cc1ccc(C)c(F)c1F.Cc1ccc(C)cc1. The van der Waals surface area contributed by atoms with Crippen molar-refractivity contribution in [2.45, 2.75) is 251 Å². The molecule has 0 atom stereocenters. The van der Waals surface area contributed by atoms with Gasteiger partial charge in [0.15, 0.2) is 17.9 Å². The topological polar surface area (TPSA) is 18.5 Å². The van der Waals surface area contributed by atoms with Crippen molar-refractivity contribution in [1.82, 2.24) is 0 Å². The molecule has 0 aromatic heterocycles. The van der Waals surface area contributed by atoms with E-state index in [0.717, 1.165) is 59.8 Å². The molecule has 0 spiro atoms. The van der Waals surface area contributed by atoms with Crippen LogP contribution in [0, 0.1) is 197 Å². The van der Waals surface area contributed by atoms with E-state index in [4.69, 9.17) is 9.47 Å². The Bertz CT molecular complexity index is 2980. The Morgan fingerprint density at radius 3 is 0.640 bits per heavy atom. The predicted molar refractivity (Wildman–Crippen MR) is 405 cm³/mol. The van der Waals surface area contributed by atoms with Gasteiger partial charge in [0, 0.05) is 17.0 Å². The smallest absolute Gasteiger partial charge is 0.161 e. The van der Waals surface area contributed by atoms with E-state index in [9.17, 15) is 43.9 Å². The molecule has 7 aromatic carbocycles. The van der Waals surface area contributed by atoms with Gasteiger partial charge in [0.2, 0.25) is 0 Å². The molecule has 0 bridgehead atoms. The van der Waals surface area contributed by atoms with Gasteiger partial charge < -0.3 is 9.47 Å².